The van der Waals surface area contributed by atoms with Gasteiger partial charge in [0.05, 0.1) is 0 Å². The number of benzene rings is 6. The van der Waals surface area contributed by atoms with E-state index in [1.165, 1.54) is 65.0 Å². The number of rotatable bonds is 5. The minimum absolute atomic E-state index is 1.23. The molecule has 1 heterocycles. The molecule has 0 saturated heterocycles. The van der Waals surface area contributed by atoms with Gasteiger partial charge in [0.15, 0.2) is 0 Å². The molecule has 0 atom stereocenters. The standard InChI is InChI=1S/C38H26S/c1-4-13-27(14-5-1)30-19-12-20-32(25-30)37-33-21-10-11-22-34(33)38(39-37)35-24-23-31(28-15-6-2-7-16-28)26-36(35)29-17-8-3-9-18-29/h1-26H. The van der Waals surface area contributed by atoms with E-state index in [0.29, 0.717) is 0 Å². The summed E-state index contributed by atoms with van der Waals surface area (Å²) in [7, 11) is 0. The molecule has 0 aliphatic carbocycles. The zero-order valence-corrected chi connectivity index (χ0v) is 22.2. The molecule has 0 N–H and O–H groups in total. The largest absolute Gasteiger partial charge is 0.134 e. The van der Waals surface area contributed by atoms with Crippen LogP contribution in [-0.4, -0.2) is 0 Å². The predicted octanol–water partition coefficient (Wildman–Crippen LogP) is 11.2. The van der Waals surface area contributed by atoms with E-state index in [2.05, 4.69) is 158 Å². The van der Waals surface area contributed by atoms with Crippen molar-refractivity contribution >= 4 is 22.1 Å². The molecule has 0 fully saturated rings. The van der Waals surface area contributed by atoms with E-state index in [1.807, 2.05) is 11.3 Å². The van der Waals surface area contributed by atoms with E-state index in [1.54, 1.807) is 0 Å². The van der Waals surface area contributed by atoms with Crippen LogP contribution in [0.2, 0.25) is 0 Å². The van der Waals surface area contributed by atoms with Crippen molar-refractivity contribution in [2.45, 2.75) is 0 Å². The Morgan fingerprint density at radius 2 is 0.769 bits per heavy atom. The molecule has 184 valence electrons. The third-order valence-corrected chi connectivity index (χ3v) is 8.61. The molecule has 1 heteroatoms. The van der Waals surface area contributed by atoms with Crippen LogP contribution in [-0.2, 0) is 0 Å². The van der Waals surface area contributed by atoms with Crippen molar-refractivity contribution in [2.24, 2.45) is 0 Å². The van der Waals surface area contributed by atoms with Crippen molar-refractivity contribution in [1.82, 2.24) is 0 Å². The molecule has 0 radical (unpaired) electrons. The van der Waals surface area contributed by atoms with Crippen LogP contribution in [0.3, 0.4) is 0 Å². The van der Waals surface area contributed by atoms with Gasteiger partial charge in [0.2, 0.25) is 0 Å². The summed E-state index contributed by atoms with van der Waals surface area (Å²) in [5.74, 6) is 0. The van der Waals surface area contributed by atoms with Gasteiger partial charge in [-0.15, -0.1) is 11.3 Å². The summed E-state index contributed by atoms with van der Waals surface area (Å²) in [6.45, 7) is 0. The van der Waals surface area contributed by atoms with Gasteiger partial charge < -0.3 is 0 Å². The predicted molar refractivity (Wildman–Crippen MR) is 169 cm³/mol. The molecule has 1 aromatic heterocycles. The lowest BCUT2D eigenvalue weighted by molar-refractivity contribution is 1.59. The molecule has 6 aromatic carbocycles. The maximum Gasteiger partial charge on any atom is 0.0434 e. The molecule has 7 rings (SSSR count). The van der Waals surface area contributed by atoms with E-state index in [9.17, 15) is 0 Å². The summed E-state index contributed by atoms with van der Waals surface area (Å²) < 4.78 is 0. The van der Waals surface area contributed by atoms with Gasteiger partial charge in [-0.1, -0.05) is 146 Å². The summed E-state index contributed by atoms with van der Waals surface area (Å²) in [5.41, 5.74) is 9.96. The van der Waals surface area contributed by atoms with Gasteiger partial charge in [0, 0.05) is 26.1 Å². The minimum atomic E-state index is 1.23. The fourth-order valence-corrected chi connectivity index (χ4v) is 6.70. The monoisotopic (exact) mass is 514 g/mol. The van der Waals surface area contributed by atoms with Crippen molar-refractivity contribution in [2.75, 3.05) is 0 Å². The first-order valence-electron chi connectivity index (χ1n) is 13.3. The van der Waals surface area contributed by atoms with Crippen molar-refractivity contribution in [3.8, 4) is 54.3 Å². The number of hydrogen-bond donors (Lipinski definition) is 0. The lowest BCUT2D eigenvalue weighted by atomic mass is 9.92. The highest BCUT2D eigenvalue weighted by atomic mass is 32.1. The third kappa shape index (κ3) is 4.48. The van der Waals surface area contributed by atoms with Crippen LogP contribution in [0.25, 0.3) is 65.0 Å². The highest BCUT2D eigenvalue weighted by molar-refractivity contribution is 7.21. The lowest BCUT2D eigenvalue weighted by Crippen LogP contribution is -1.86. The Morgan fingerprint density at radius 1 is 0.282 bits per heavy atom. The maximum atomic E-state index is 2.35. The van der Waals surface area contributed by atoms with Crippen LogP contribution >= 0.6 is 11.3 Å². The molecule has 0 amide bonds. The quantitative estimate of drug-likeness (QED) is 0.214. The summed E-state index contributed by atoms with van der Waals surface area (Å²) in [6, 6.07) is 56.8. The van der Waals surface area contributed by atoms with Crippen LogP contribution < -0.4 is 0 Å². The zero-order valence-electron chi connectivity index (χ0n) is 21.4. The Balaban J connectivity index is 1.43. The van der Waals surface area contributed by atoms with Crippen LogP contribution in [0.15, 0.2) is 158 Å². The third-order valence-electron chi connectivity index (χ3n) is 7.31. The Bertz CT molecular complexity index is 1880. The fraction of sp³-hybridized carbons (Fsp3) is 0. The van der Waals surface area contributed by atoms with E-state index in [-0.39, 0.29) is 0 Å². The van der Waals surface area contributed by atoms with Gasteiger partial charge in [-0.2, -0.15) is 0 Å². The number of thiophene rings is 1. The van der Waals surface area contributed by atoms with E-state index in [0.717, 1.165) is 0 Å². The summed E-state index contributed by atoms with van der Waals surface area (Å²) >= 11 is 1.89. The molecule has 0 bridgehead atoms. The van der Waals surface area contributed by atoms with Gasteiger partial charge in [0.1, 0.15) is 0 Å². The van der Waals surface area contributed by atoms with E-state index in [4.69, 9.17) is 0 Å². The second kappa shape index (κ2) is 10.2. The lowest BCUT2D eigenvalue weighted by Gasteiger charge is -2.12. The molecule has 0 spiro atoms. The highest BCUT2D eigenvalue weighted by Gasteiger charge is 2.18. The van der Waals surface area contributed by atoms with Crippen LogP contribution in [0, 0.1) is 0 Å². The molecule has 0 nitrogen and oxygen atoms in total. The van der Waals surface area contributed by atoms with Crippen molar-refractivity contribution in [1.29, 1.82) is 0 Å². The van der Waals surface area contributed by atoms with Crippen LogP contribution in [0.4, 0.5) is 0 Å². The summed E-state index contributed by atoms with van der Waals surface area (Å²) in [4.78, 5) is 2.62. The average molecular weight is 515 g/mol. The molecule has 0 aliphatic heterocycles. The Kier molecular flexibility index (Phi) is 6.13. The first-order valence-corrected chi connectivity index (χ1v) is 14.1. The highest BCUT2D eigenvalue weighted by Crippen LogP contribution is 2.47. The SMILES string of the molecule is c1ccc(-c2cccc(-c3sc(-c4ccc(-c5ccccc5)cc4-c4ccccc4)c4ccccc34)c2)cc1. The first-order chi connectivity index (χ1) is 19.3. The fourth-order valence-electron chi connectivity index (χ4n) is 5.39. The smallest absolute Gasteiger partial charge is 0.0434 e. The zero-order chi connectivity index (χ0) is 26.0. The second-order valence-corrected chi connectivity index (χ2v) is 10.8. The number of fused-ring (bicyclic) bond motifs is 1. The average Bonchev–Trinajstić information content (AvgIpc) is 3.42. The normalized spacial score (nSPS) is 11.1. The summed E-state index contributed by atoms with van der Waals surface area (Å²) in [6.07, 6.45) is 0. The molecular formula is C38H26S. The second-order valence-electron chi connectivity index (χ2n) is 9.75. The van der Waals surface area contributed by atoms with Crippen LogP contribution in [0.1, 0.15) is 0 Å². The Labute approximate surface area is 233 Å². The molecule has 0 aliphatic rings. The maximum absolute atomic E-state index is 2.35. The molecular weight excluding hydrogens is 488 g/mol. The van der Waals surface area contributed by atoms with Gasteiger partial charge in [-0.3, -0.25) is 0 Å². The Hall–Kier alpha value is -4.72. The van der Waals surface area contributed by atoms with Gasteiger partial charge in [0.25, 0.3) is 0 Å². The van der Waals surface area contributed by atoms with Crippen LogP contribution in [0.5, 0.6) is 0 Å². The molecule has 39 heavy (non-hydrogen) atoms. The van der Waals surface area contributed by atoms with Gasteiger partial charge >= 0.3 is 0 Å². The topological polar surface area (TPSA) is 0 Å². The Morgan fingerprint density at radius 3 is 1.41 bits per heavy atom. The summed E-state index contributed by atoms with van der Waals surface area (Å²) in [5, 5.41) is 2.60. The van der Waals surface area contributed by atoms with Crippen molar-refractivity contribution < 1.29 is 0 Å². The first kappa shape index (κ1) is 23.4. The van der Waals surface area contributed by atoms with E-state index >= 15 is 0 Å². The molecule has 0 unspecified atom stereocenters. The number of hydrogen-bond acceptors (Lipinski definition) is 1. The van der Waals surface area contributed by atoms with Crippen molar-refractivity contribution in [3.63, 3.8) is 0 Å². The molecule has 0 saturated carbocycles. The minimum Gasteiger partial charge on any atom is -0.134 e. The van der Waals surface area contributed by atoms with Crippen molar-refractivity contribution in [3.05, 3.63) is 158 Å². The van der Waals surface area contributed by atoms with Gasteiger partial charge in [-0.05, 0) is 51.1 Å². The van der Waals surface area contributed by atoms with E-state index < -0.39 is 0 Å². The van der Waals surface area contributed by atoms with Gasteiger partial charge in [-0.25, -0.2) is 0 Å². The molecule has 7 aromatic rings.